The maximum atomic E-state index is 13.0. The number of rotatable bonds is 9. The summed E-state index contributed by atoms with van der Waals surface area (Å²) in [7, 11) is 0. The number of anilines is 2. The number of piperidine rings is 1. The van der Waals surface area contributed by atoms with Gasteiger partial charge in [-0.1, -0.05) is 47.1 Å². The molecule has 11 heteroatoms. The number of thioether (sulfide) groups is 1. The molecule has 0 radical (unpaired) electrons. The third-order valence-electron chi connectivity index (χ3n) is 7.21. The zero-order valence-electron chi connectivity index (χ0n) is 23.5. The molecule has 1 saturated heterocycles. The Labute approximate surface area is 269 Å². The first-order valence-corrected chi connectivity index (χ1v) is 16.5. The van der Waals surface area contributed by atoms with Crippen LogP contribution in [-0.2, 0) is 9.59 Å². The lowest BCUT2D eigenvalue weighted by molar-refractivity contribution is -0.134. The van der Waals surface area contributed by atoms with E-state index >= 15 is 0 Å². The number of hydrogen-bond donors (Lipinski definition) is 2. The number of Topliss-reactive ketones (excluding diaryl/α,β-unsaturated/α-hetero) is 1. The Hall–Kier alpha value is -2.95. The van der Waals surface area contributed by atoms with Crippen molar-refractivity contribution in [2.24, 2.45) is 5.92 Å². The Morgan fingerprint density at radius 2 is 1.58 bits per heavy atom. The Kier molecular flexibility index (Phi) is 12.0. The van der Waals surface area contributed by atoms with E-state index in [2.05, 4.69) is 58.5 Å². The van der Waals surface area contributed by atoms with E-state index in [0.717, 1.165) is 45.4 Å². The van der Waals surface area contributed by atoms with Gasteiger partial charge in [-0.05, 0) is 93.7 Å². The molecule has 0 aromatic heterocycles. The van der Waals surface area contributed by atoms with E-state index in [4.69, 9.17) is 33.4 Å². The van der Waals surface area contributed by atoms with Gasteiger partial charge in [0.25, 0.3) is 0 Å². The van der Waals surface area contributed by atoms with Crippen molar-refractivity contribution in [2.45, 2.75) is 33.9 Å². The molecule has 0 unspecified atom stereocenters. The molecule has 0 atom stereocenters. The topological polar surface area (TPSA) is 98.2 Å². The number of carboxylic acid groups (broad SMARTS) is 2. The third kappa shape index (κ3) is 9.03. The second-order valence-electron chi connectivity index (χ2n) is 10.0. The van der Waals surface area contributed by atoms with Crippen LogP contribution >= 0.6 is 46.7 Å². The fourth-order valence-electron chi connectivity index (χ4n) is 5.10. The number of benzene rings is 3. The van der Waals surface area contributed by atoms with E-state index in [1.165, 1.54) is 26.1 Å². The summed E-state index contributed by atoms with van der Waals surface area (Å²) >= 11 is 15.9. The highest BCUT2D eigenvalue weighted by Crippen LogP contribution is 2.48. The minimum Gasteiger partial charge on any atom is -0.478 e. The fourth-order valence-corrected chi connectivity index (χ4v) is 7.11. The predicted octanol–water partition coefficient (Wildman–Crippen LogP) is 8.01. The Bertz CT molecular complexity index is 1490. The number of nitrogens with zero attached hydrogens (tertiary/aromatic N) is 2. The van der Waals surface area contributed by atoms with Gasteiger partial charge in [0.05, 0.1) is 16.4 Å². The first-order valence-electron chi connectivity index (χ1n) is 13.7. The van der Waals surface area contributed by atoms with Gasteiger partial charge in [0.15, 0.2) is 5.78 Å². The Morgan fingerprint density at radius 3 is 2.23 bits per heavy atom. The summed E-state index contributed by atoms with van der Waals surface area (Å²) in [5.74, 6) is -2.33. The van der Waals surface area contributed by atoms with Crippen LogP contribution < -0.4 is 4.90 Å². The predicted molar refractivity (Wildman–Crippen MR) is 175 cm³/mol. The minimum atomic E-state index is -1.26. The van der Waals surface area contributed by atoms with Gasteiger partial charge in [-0.25, -0.2) is 9.59 Å². The molecular formula is C32H32Cl2N2O5S2. The van der Waals surface area contributed by atoms with Crippen LogP contribution in [-0.4, -0.2) is 65.3 Å². The number of aliphatic carboxylic acids is 2. The Balaban J connectivity index is 0.000000467. The molecule has 7 nitrogen and oxygen atoms in total. The molecular weight excluding hydrogens is 627 g/mol. The number of ketones is 1. The van der Waals surface area contributed by atoms with Crippen LogP contribution in [0.3, 0.4) is 0 Å². The lowest BCUT2D eigenvalue weighted by Crippen LogP contribution is -2.38. The van der Waals surface area contributed by atoms with Crippen molar-refractivity contribution in [2.75, 3.05) is 37.3 Å². The largest absolute Gasteiger partial charge is 0.478 e. The van der Waals surface area contributed by atoms with E-state index in [1.54, 1.807) is 30.0 Å². The maximum absolute atomic E-state index is 13.0. The summed E-state index contributed by atoms with van der Waals surface area (Å²) in [6.07, 6.45) is 6.07. The number of carbonyl (C=O) groups excluding carboxylic acids is 1. The van der Waals surface area contributed by atoms with Crippen molar-refractivity contribution < 1.29 is 24.6 Å². The van der Waals surface area contributed by atoms with Gasteiger partial charge in [0.2, 0.25) is 0 Å². The third-order valence-corrected chi connectivity index (χ3v) is 9.62. The molecule has 3 aromatic rings. The number of likely N-dealkylation sites (tertiary alicyclic amines) is 1. The van der Waals surface area contributed by atoms with Gasteiger partial charge in [0, 0.05) is 49.9 Å². The van der Waals surface area contributed by atoms with Gasteiger partial charge < -0.3 is 20.0 Å². The maximum Gasteiger partial charge on any atom is 0.328 e. The van der Waals surface area contributed by atoms with Crippen molar-refractivity contribution in [3.05, 3.63) is 88.4 Å². The molecule has 2 heterocycles. The molecule has 226 valence electrons. The molecule has 0 saturated carbocycles. The standard InChI is InChI=1S/C28H28Cl2N2OS2.C4H4O4/c1-34-21-8-10-27-25(18-21)32(24-5-2-3-6-26(24)35-27)14-4-13-31-15-11-19(12-16-31)28(33)22-9-7-20(29)17-23(22)30;5-3(6)1-2-4(7)8/h2-3,5-10,17-19H,4,11-16H2,1H3;1-2H,(H,5,6)(H,7,8)/b;2-1+. The molecule has 2 aliphatic rings. The summed E-state index contributed by atoms with van der Waals surface area (Å²) in [4.78, 5) is 41.0. The van der Waals surface area contributed by atoms with Gasteiger partial charge in [-0.15, -0.1) is 11.8 Å². The van der Waals surface area contributed by atoms with Gasteiger partial charge in [-0.2, -0.15) is 0 Å². The number of carbonyl (C=O) groups is 3. The molecule has 0 spiro atoms. The molecule has 2 aliphatic heterocycles. The van der Waals surface area contributed by atoms with E-state index < -0.39 is 11.9 Å². The normalized spacial score (nSPS) is 14.9. The SMILES string of the molecule is CSc1ccc2c(c1)N(CCCN1CCC(C(=O)c3ccc(Cl)cc3Cl)CC1)c1ccccc1S2.O=C(O)/C=C/C(=O)O. The zero-order chi connectivity index (χ0) is 30.9. The van der Waals surface area contributed by atoms with Gasteiger partial charge in [0.1, 0.15) is 0 Å². The number of carboxylic acids is 2. The summed E-state index contributed by atoms with van der Waals surface area (Å²) in [5, 5.41) is 16.6. The van der Waals surface area contributed by atoms with E-state index in [0.29, 0.717) is 27.8 Å². The monoisotopic (exact) mass is 658 g/mol. The molecule has 0 aliphatic carbocycles. The highest BCUT2D eigenvalue weighted by Gasteiger charge is 2.28. The van der Waals surface area contributed by atoms with E-state index in [-0.39, 0.29) is 11.7 Å². The Morgan fingerprint density at radius 1 is 0.907 bits per heavy atom. The molecule has 2 N–H and O–H groups in total. The van der Waals surface area contributed by atoms with Crippen LogP contribution in [0, 0.1) is 5.92 Å². The lowest BCUT2D eigenvalue weighted by Gasteiger charge is -2.35. The lowest BCUT2D eigenvalue weighted by atomic mass is 9.89. The van der Waals surface area contributed by atoms with Gasteiger partial charge >= 0.3 is 11.9 Å². The van der Waals surface area contributed by atoms with Crippen molar-refractivity contribution in [1.29, 1.82) is 0 Å². The highest BCUT2D eigenvalue weighted by molar-refractivity contribution is 8.00. The molecule has 0 bridgehead atoms. The van der Waals surface area contributed by atoms with Crippen molar-refractivity contribution in [3.8, 4) is 0 Å². The van der Waals surface area contributed by atoms with Crippen LogP contribution in [0.25, 0.3) is 0 Å². The van der Waals surface area contributed by atoms with Crippen molar-refractivity contribution >= 4 is 75.8 Å². The van der Waals surface area contributed by atoms with E-state index in [1.807, 2.05) is 11.8 Å². The molecule has 3 aromatic carbocycles. The first-order chi connectivity index (χ1) is 20.7. The summed E-state index contributed by atoms with van der Waals surface area (Å²) < 4.78 is 0. The number of halogens is 2. The van der Waals surface area contributed by atoms with Crippen LogP contribution in [0.5, 0.6) is 0 Å². The van der Waals surface area contributed by atoms with Crippen LogP contribution in [0.1, 0.15) is 29.6 Å². The molecule has 5 rings (SSSR count). The van der Waals surface area contributed by atoms with Crippen LogP contribution in [0.4, 0.5) is 11.4 Å². The smallest absolute Gasteiger partial charge is 0.328 e. The number of hydrogen-bond acceptors (Lipinski definition) is 7. The van der Waals surface area contributed by atoms with Crippen LogP contribution in [0.2, 0.25) is 10.0 Å². The average molecular weight is 660 g/mol. The van der Waals surface area contributed by atoms with Crippen molar-refractivity contribution in [3.63, 3.8) is 0 Å². The summed E-state index contributed by atoms with van der Waals surface area (Å²) in [5.41, 5.74) is 3.21. The van der Waals surface area contributed by atoms with Gasteiger partial charge in [-0.3, -0.25) is 4.79 Å². The van der Waals surface area contributed by atoms with Crippen LogP contribution in [0.15, 0.2) is 87.5 Å². The molecule has 1 fully saturated rings. The van der Waals surface area contributed by atoms with Crippen molar-refractivity contribution in [1.82, 2.24) is 4.90 Å². The number of para-hydroxylation sites is 1. The first kappa shape index (κ1) is 33.0. The number of fused-ring (bicyclic) bond motifs is 2. The molecule has 43 heavy (non-hydrogen) atoms. The fraction of sp³-hybridized carbons (Fsp3) is 0.281. The zero-order valence-corrected chi connectivity index (χ0v) is 26.7. The average Bonchev–Trinajstić information content (AvgIpc) is 3.00. The quantitative estimate of drug-likeness (QED) is 0.134. The van der Waals surface area contributed by atoms with E-state index in [9.17, 15) is 14.4 Å². The highest BCUT2D eigenvalue weighted by atomic mass is 35.5. The second-order valence-corrected chi connectivity index (χ2v) is 12.8. The summed E-state index contributed by atoms with van der Waals surface area (Å²) in [6, 6.07) is 20.6. The minimum absolute atomic E-state index is 0.0350. The molecule has 0 amide bonds. The second kappa shape index (κ2) is 15.7. The summed E-state index contributed by atoms with van der Waals surface area (Å²) in [6.45, 7) is 3.90.